The van der Waals surface area contributed by atoms with Gasteiger partial charge in [0.1, 0.15) is 17.3 Å². The van der Waals surface area contributed by atoms with Gasteiger partial charge in [0.05, 0.1) is 6.42 Å². The number of aromatic amines is 1. The zero-order valence-electron chi connectivity index (χ0n) is 21.0. The highest BCUT2D eigenvalue weighted by Crippen LogP contribution is 2.29. The van der Waals surface area contributed by atoms with E-state index in [-0.39, 0.29) is 36.6 Å². The lowest BCUT2D eigenvalue weighted by atomic mass is 9.95. The number of fused-ring (bicyclic) bond motifs is 1. The average molecular weight is 502 g/mol. The first kappa shape index (κ1) is 24.8. The van der Waals surface area contributed by atoms with Gasteiger partial charge in [0.2, 0.25) is 5.91 Å². The van der Waals surface area contributed by atoms with E-state index in [1.165, 1.54) is 18.6 Å². The second kappa shape index (κ2) is 11.0. The average Bonchev–Trinajstić information content (AvgIpc) is 3.51. The number of aromatic nitrogens is 1. The summed E-state index contributed by atoms with van der Waals surface area (Å²) in [6, 6.07) is 16.5. The van der Waals surface area contributed by atoms with Gasteiger partial charge in [-0.05, 0) is 61.2 Å². The second-order valence-corrected chi connectivity index (χ2v) is 9.88. The fourth-order valence-electron chi connectivity index (χ4n) is 5.20. The molecule has 1 aliphatic carbocycles. The van der Waals surface area contributed by atoms with E-state index in [0.717, 1.165) is 47.7 Å². The summed E-state index contributed by atoms with van der Waals surface area (Å²) in [6.45, 7) is 1.96. The minimum atomic E-state index is -0.946. The molecule has 0 spiro atoms. The Morgan fingerprint density at radius 1 is 1.05 bits per heavy atom. The predicted molar refractivity (Wildman–Crippen MR) is 140 cm³/mol. The van der Waals surface area contributed by atoms with Crippen LogP contribution in [0.4, 0.5) is 4.39 Å². The van der Waals surface area contributed by atoms with Crippen LogP contribution in [0.1, 0.15) is 60.8 Å². The third kappa shape index (κ3) is 5.77. The van der Waals surface area contributed by atoms with Crippen molar-refractivity contribution in [1.82, 2.24) is 15.2 Å². The summed E-state index contributed by atoms with van der Waals surface area (Å²) in [7, 11) is 0. The maximum absolute atomic E-state index is 14.0. The first-order valence-corrected chi connectivity index (χ1v) is 12.9. The first-order valence-electron chi connectivity index (χ1n) is 12.9. The summed E-state index contributed by atoms with van der Waals surface area (Å²) in [5.74, 6) is 0.257. The van der Waals surface area contributed by atoms with Crippen LogP contribution in [0.15, 0.2) is 71.3 Å². The van der Waals surface area contributed by atoms with E-state index >= 15 is 0 Å². The molecule has 7 heteroatoms. The molecule has 6 nitrogen and oxygen atoms in total. The van der Waals surface area contributed by atoms with Gasteiger partial charge < -0.3 is 19.6 Å². The summed E-state index contributed by atoms with van der Waals surface area (Å²) in [5, 5.41) is 4.15. The van der Waals surface area contributed by atoms with Gasteiger partial charge in [-0.25, -0.2) is 4.39 Å². The minimum absolute atomic E-state index is 0.0798. The lowest BCUT2D eigenvalue weighted by Crippen LogP contribution is -2.47. The standard InChI is InChI=1S/C30H32FN3O3/c1-20-11-16-27(37-20)29(30(36)33-24-7-3-2-4-8-24)34(19-21-12-14-23(31)15-13-21)28(35)17-22-18-32-26-10-6-5-9-25(22)26/h5-6,9-16,18,24,29,32H,2-4,7-8,17,19H2,1H3,(H,33,36)/t29-/m1/s1. The van der Waals surface area contributed by atoms with E-state index in [9.17, 15) is 14.0 Å². The van der Waals surface area contributed by atoms with Crippen molar-refractivity contribution in [1.29, 1.82) is 0 Å². The van der Waals surface area contributed by atoms with Crippen LogP contribution in [-0.2, 0) is 22.6 Å². The van der Waals surface area contributed by atoms with Crippen molar-refractivity contribution in [3.05, 3.63) is 95.3 Å². The van der Waals surface area contributed by atoms with Gasteiger partial charge in [-0.1, -0.05) is 49.6 Å². The molecule has 2 aromatic carbocycles. The minimum Gasteiger partial charge on any atom is -0.464 e. The highest BCUT2D eigenvalue weighted by Gasteiger charge is 2.35. The fourth-order valence-corrected chi connectivity index (χ4v) is 5.20. The molecule has 1 saturated carbocycles. The van der Waals surface area contributed by atoms with Crippen LogP contribution < -0.4 is 5.32 Å². The molecule has 0 unspecified atom stereocenters. The topological polar surface area (TPSA) is 78.3 Å². The Morgan fingerprint density at radius 3 is 2.54 bits per heavy atom. The van der Waals surface area contributed by atoms with Crippen molar-refractivity contribution < 1.29 is 18.4 Å². The van der Waals surface area contributed by atoms with E-state index < -0.39 is 6.04 Å². The third-order valence-corrected chi connectivity index (χ3v) is 7.15. The molecular formula is C30H32FN3O3. The Labute approximate surface area is 215 Å². The number of amides is 2. The normalized spacial score (nSPS) is 15.0. The van der Waals surface area contributed by atoms with E-state index in [4.69, 9.17) is 4.42 Å². The largest absolute Gasteiger partial charge is 0.464 e. The van der Waals surface area contributed by atoms with Gasteiger partial charge in [-0.3, -0.25) is 9.59 Å². The Bertz CT molecular complexity index is 1370. The quantitative estimate of drug-likeness (QED) is 0.312. The summed E-state index contributed by atoms with van der Waals surface area (Å²) >= 11 is 0. The van der Waals surface area contributed by atoms with Crippen LogP contribution in [0.5, 0.6) is 0 Å². The molecule has 192 valence electrons. The van der Waals surface area contributed by atoms with Gasteiger partial charge in [0, 0.05) is 29.7 Å². The Hall–Kier alpha value is -3.87. The Balaban J connectivity index is 1.50. The molecule has 0 bridgehead atoms. The van der Waals surface area contributed by atoms with Crippen LogP contribution in [0, 0.1) is 12.7 Å². The third-order valence-electron chi connectivity index (χ3n) is 7.15. The predicted octanol–water partition coefficient (Wildman–Crippen LogP) is 5.97. The number of halogens is 1. The smallest absolute Gasteiger partial charge is 0.250 e. The van der Waals surface area contributed by atoms with Crippen molar-refractivity contribution >= 4 is 22.7 Å². The molecule has 0 radical (unpaired) electrons. The number of nitrogens with zero attached hydrogens (tertiary/aromatic N) is 1. The van der Waals surface area contributed by atoms with Gasteiger partial charge >= 0.3 is 0 Å². The lowest BCUT2D eigenvalue weighted by molar-refractivity contribution is -0.142. The van der Waals surface area contributed by atoms with E-state index in [1.54, 1.807) is 29.2 Å². The number of carbonyl (C=O) groups excluding carboxylic acids is 2. The van der Waals surface area contributed by atoms with Crippen molar-refractivity contribution in [2.24, 2.45) is 0 Å². The molecule has 37 heavy (non-hydrogen) atoms. The fraction of sp³-hybridized carbons (Fsp3) is 0.333. The molecular weight excluding hydrogens is 469 g/mol. The summed E-state index contributed by atoms with van der Waals surface area (Å²) in [5.41, 5.74) is 2.53. The first-order chi connectivity index (χ1) is 18.0. The maximum atomic E-state index is 14.0. The van der Waals surface area contributed by atoms with Gasteiger partial charge in [-0.15, -0.1) is 0 Å². The van der Waals surface area contributed by atoms with E-state index in [2.05, 4.69) is 10.3 Å². The van der Waals surface area contributed by atoms with Gasteiger partial charge in [0.15, 0.2) is 6.04 Å². The van der Waals surface area contributed by atoms with Crippen LogP contribution in [0.2, 0.25) is 0 Å². The summed E-state index contributed by atoms with van der Waals surface area (Å²) < 4.78 is 19.6. The van der Waals surface area contributed by atoms with Crippen LogP contribution >= 0.6 is 0 Å². The van der Waals surface area contributed by atoms with E-state index in [0.29, 0.717) is 11.5 Å². The van der Waals surface area contributed by atoms with Crippen molar-refractivity contribution in [3.63, 3.8) is 0 Å². The second-order valence-electron chi connectivity index (χ2n) is 9.88. The molecule has 5 rings (SSSR count). The van der Waals surface area contributed by atoms with Crippen LogP contribution in [0.3, 0.4) is 0 Å². The van der Waals surface area contributed by atoms with Gasteiger partial charge in [0.25, 0.3) is 5.91 Å². The number of carbonyl (C=O) groups is 2. The molecule has 2 N–H and O–H groups in total. The number of nitrogens with one attached hydrogen (secondary N) is 2. The number of benzene rings is 2. The molecule has 0 aliphatic heterocycles. The molecule has 0 saturated heterocycles. The molecule has 1 aliphatic rings. The highest BCUT2D eigenvalue weighted by atomic mass is 19.1. The number of rotatable bonds is 8. The maximum Gasteiger partial charge on any atom is 0.250 e. The number of para-hydroxylation sites is 1. The Kier molecular flexibility index (Phi) is 7.40. The monoisotopic (exact) mass is 501 g/mol. The van der Waals surface area contributed by atoms with Crippen LogP contribution in [-0.4, -0.2) is 27.7 Å². The molecule has 2 amide bonds. The zero-order chi connectivity index (χ0) is 25.8. The van der Waals surface area contributed by atoms with Crippen LogP contribution in [0.25, 0.3) is 10.9 Å². The molecule has 4 aromatic rings. The lowest BCUT2D eigenvalue weighted by Gasteiger charge is -2.32. The van der Waals surface area contributed by atoms with Crippen molar-refractivity contribution in [2.75, 3.05) is 0 Å². The summed E-state index contributed by atoms with van der Waals surface area (Å²) in [6.07, 6.45) is 7.13. The number of furan rings is 1. The Morgan fingerprint density at radius 2 is 1.81 bits per heavy atom. The molecule has 2 heterocycles. The zero-order valence-corrected chi connectivity index (χ0v) is 21.0. The summed E-state index contributed by atoms with van der Waals surface area (Å²) in [4.78, 5) is 32.5. The number of hydrogen-bond donors (Lipinski definition) is 2. The molecule has 1 atom stereocenters. The van der Waals surface area contributed by atoms with E-state index in [1.807, 2.05) is 37.4 Å². The molecule has 2 aromatic heterocycles. The SMILES string of the molecule is Cc1ccc([C@H](C(=O)NC2CCCCC2)N(Cc2ccc(F)cc2)C(=O)Cc2c[nH]c3ccccc23)o1. The highest BCUT2D eigenvalue weighted by molar-refractivity contribution is 5.92. The van der Waals surface area contributed by atoms with Crippen molar-refractivity contribution in [3.8, 4) is 0 Å². The number of H-pyrrole nitrogens is 1. The number of hydrogen-bond acceptors (Lipinski definition) is 3. The molecule has 1 fully saturated rings. The van der Waals surface area contributed by atoms with Crippen molar-refractivity contribution in [2.45, 2.75) is 64.1 Å². The number of aryl methyl sites for hydroxylation is 1. The van der Waals surface area contributed by atoms with Gasteiger partial charge in [-0.2, -0.15) is 0 Å².